The van der Waals surface area contributed by atoms with Gasteiger partial charge in [-0.3, -0.25) is 0 Å². The van der Waals surface area contributed by atoms with Crippen LogP contribution in [0, 0.1) is 17.7 Å². The minimum absolute atomic E-state index is 0.366. The molecule has 0 spiro atoms. The molecule has 0 fully saturated rings. The summed E-state index contributed by atoms with van der Waals surface area (Å²) in [4.78, 5) is 0. The number of rotatable bonds is 1. The van der Waals surface area contributed by atoms with Crippen molar-refractivity contribution in [2.75, 3.05) is 5.33 Å². The molecule has 0 aliphatic rings. The zero-order valence-electron chi connectivity index (χ0n) is 6.78. The Hall–Kier alpha value is -0.520. The van der Waals surface area contributed by atoms with Crippen LogP contribution >= 0.6 is 27.5 Å². The van der Waals surface area contributed by atoms with E-state index >= 15 is 0 Å². The highest BCUT2D eigenvalue weighted by Crippen LogP contribution is 2.13. The van der Waals surface area contributed by atoms with Gasteiger partial charge in [0.15, 0.2) is 0 Å². The van der Waals surface area contributed by atoms with Gasteiger partial charge in [0.05, 0.1) is 5.56 Å². The Morgan fingerprint density at radius 3 is 2.85 bits per heavy atom. The van der Waals surface area contributed by atoms with Crippen molar-refractivity contribution in [3.05, 3.63) is 34.6 Å². The molecule has 0 heterocycles. The Morgan fingerprint density at radius 2 is 2.23 bits per heavy atom. The van der Waals surface area contributed by atoms with E-state index in [0.29, 0.717) is 17.0 Å². The summed E-state index contributed by atoms with van der Waals surface area (Å²) < 4.78 is 13.1. The molecule has 1 aromatic rings. The fourth-order valence-corrected chi connectivity index (χ4v) is 1.15. The summed E-state index contributed by atoms with van der Waals surface area (Å²) in [5, 5.41) is 1.19. The van der Waals surface area contributed by atoms with E-state index in [2.05, 4.69) is 27.8 Å². The third-order valence-corrected chi connectivity index (χ3v) is 2.01. The van der Waals surface area contributed by atoms with Gasteiger partial charge >= 0.3 is 0 Å². The highest BCUT2D eigenvalue weighted by Gasteiger charge is 1.98. The lowest BCUT2D eigenvalue weighted by Crippen LogP contribution is -1.82. The molecule has 0 amide bonds. The second kappa shape index (κ2) is 5.26. The van der Waals surface area contributed by atoms with E-state index in [1.165, 1.54) is 6.07 Å². The second-order valence-electron chi connectivity index (χ2n) is 2.36. The van der Waals surface area contributed by atoms with Crippen LogP contribution in [0.1, 0.15) is 12.0 Å². The maximum Gasteiger partial charge on any atom is 0.140 e. The Bertz CT molecular complexity index is 352. The molecule has 0 saturated heterocycles. The lowest BCUT2D eigenvalue weighted by atomic mass is 10.2. The van der Waals surface area contributed by atoms with Gasteiger partial charge in [0.2, 0.25) is 0 Å². The molecule has 13 heavy (non-hydrogen) atoms. The van der Waals surface area contributed by atoms with Gasteiger partial charge in [-0.15, -0.1) is 0 Å². The van der Waals surface area contributed by atoms with Crippen molar-refractivity contribution in [1.82, 2.24) is 0 Å². The van der Waals surface area contributed by atoms with Crippen LogP contribution in [-0.4, -0.2) is 5.33 Å². The van der Waals surface area contributed by atoms with Crippen molar-refractivity contribution in [1.29, 1.82) is 0 Å². The van der Waals surface area contributed by atoms with Crippen LogP contribution in [0.3, 0.4) is 0 Å². The topological polar surface area (TPSA) is 0 Å². The minimum Gasteiger partial charge on any atom is -0.206 e. The first-order chi connectivity index (χ1) is 6.24. The van der Waals surface area contributed by atoms with Crippen molar-refractivity contribution in [2.24, 2.45) is 0 Å². The van der Waals surface area contributed by atoms with Crippen LogP contribution in [0.5, 0.6) is 0 Å². The molecule has 0 N–H and O–H groups in total. The highest BCUT2D eigenvalue weighted by molar-refractivity contribution is 9.09. The maximum absolute atomic E-state index is 13.1. The molecule has 68 valence electrons. The van der Waals surface area contributed by atoms with Crippen LogP contribution in [0.2, 0.25) is 5.02 Å². The first-order valence-corrected chi connectivity index (χ1v) is 5.24. The van der Waals surface area contributed by atoms with Crippen molar-refractivity contribution in [2.45, 2.75) is 6.42 Å². The Balaban J connectivity index is 2.85. The summed E-state index contributed by atoms with van der Waals surface area (Å²) in [6, 6.07) is 4.47. The normalized spacial score (nSPS) is 9.15. The van der Waals surface area contributed by atoms with E-state index in [9.17, 15) is 4.39 Å². The van der Waals surface area contributed by atoms with Gasteiger partial charge in [0, 0.05) is 16.8 Å². The van der Waals surface area contributed by atoms with Gasteiger partial charge < -0.3 is 0 Å². The van der Waals surface area contributed by atoms with Gasteiger partial charge in [-0.1, -0.05) is 39.4 Å². The number of hydrogen-bond acceptors (Lipinski definition) is 0. The summed E-state index contributed by atoms with van der Waals surface area (Å²) in [6.07, 6.45) is 0.710. The van der Waals surface area contributed by atoms with Crippen LogP contribution in [0.4, 0.5) is 4.39 Å². The minimum atomic E-state index is -0.366. The zero-order valence-corrected chi connectivity index (χ0v) is 9.12. The molecule has 0 aromatic heterocycles. The highest BCUT2D eigenvalue weighted by atomic mass is 79.9. The number of benzene rings is 1. The predicted molar refractivity (Wildman–Crippen MR) is 56.7 cm³/mol. The fraction of sp³-hybridized carbons (Fsp3) is 0.200. The van der Waals surface area contributed by atoms with Crippen LogP contribution in [-0.2, 0) is 0 Å². The number of hydrogen-bond donors (Lipinski definition) is 0. The molecule has 0 saturated carbocycles. The van der Waals surface area contributed by atoms with Crippen molar-refractivity contribution >= 4 is 27.5 Å². The van der Waals surface area contributed by atoms with Crippen molar-refractivity contribution in [3.8, 4) is 11.8 Å². The van der Waals surface area contributed by atoms with Gasteiger partial charge in [0.25, 0.3) is 0 Å². The van der Waals surface area contributed by atoms with E-state index in [-0.39, 0.29) is 5.82 Å². The molecule has 0 radical (unpaired) electrons. The summed E-state index contributed by atoms with van der Waals surface area (Å²) >= 11 is 8.82. The summed E-state index contributed by atoms with van der Waals surface area (Å²) in [6.45, 7) is 0. The summed E-state index contributed by atoms with van der Waals surface area (Å²) in [5.74, 6) is 5.19. The van der Waals surface area contributed by atoms with Gasteiger partial charge in [-0.2, -0.15) is 0 Å². The van der Waals surface area contributed by atoms with E-state index in [4.69, 9.17) is 11.6 Å². The number of halogens is 3. The summed E-state index contributed by atoms with van der Waals surface area (Å²) in [7, 11) is 0. The van der Waals surface area contributed by atoms with E-state index in [0.717, 1.165) is 5.33 Å². The van der Waals surface area contributed by atoms with E-state index in [1.807, 2.05) is 0 Å². The summed E-state index contributed by atoms with van der Waals surface area (Å²) in [5.41, 5.74) is 0.394. The predicted octanol–water partition coefficient (Wildman–Crippen LogP) is 3.62. The maximum atomic E-state index is 13.1. The average Bonchev–Trinajstić information content (AvgIpc) is 2.09. The Labute approximate surface area is 90.2 Å². The standard InChI is InChI=1S/C10H7BrClF/c11-6-2-1-3-8-4-5-9(12)7-10(8)13/h4-5,7H,2,6H2. The van der Waals surface area contributed by atoms with Crippen LogP contribution < -0.4 is 0 Å². The molecule has 0 aliphatic carbocycles. The smallest absolute Gasteiger partial charge is 0.140 e. The molecular weight excluding hydrogens is 254 g/mol. The van der Waals surface area contributed by atoms with Crippen molar-refractivity contribution in [3.63, 3.8) is 0 Å². The van der Waals surface area contributed by atoms with Gasteiger partial charge in [-0.25, -0.2) is 4.39 Å². The molecule has 3 heteroatoms. The largest absolute Gasteiger partial charge is 0.206 e. The fourth-order valence-electron chi connectivity index (χ4n) is 0.796. The zero-order chi connectivity index (χ0) is 9.68. The first-order valence-electron chi connectivity index (χ1n) is 3.74. The van der Waals surface area contributed by atoms with Gasteiger partial charge in [-0.05, 0) is 18.2 Å². The van der Waals surface area contributed by atoms with Crippen LogP contribution in [0.15, 0.2) is 18.2 Å². The van der Waals surface area contributed by atoms with Crippen LogP contribution in [0.25, 0.3) is 0 Å². The monoisotopic (exact) mass is 260 g/mol. The molecule has 0 nitrogen and oxygen atoms in total. The Morgan fingerprint density at radius 1 is 1.46 bits per heavy atom. The lowest BCUT2D eigenvalue weighted by Gasteiger charge is -1.93. The average molecular weight is 262 g/mol. The molecule has 0 bridgehead atoms. The van der Waals surface area contributed by atoms with E-state index < -0.39 is 0 Å². The molecular formula is C10H7BrClF. The number of alkyl halides is 1. The molecule has 0 atom stereocenters. The lowest BCUT2D eigenvalue weighted by molar-refractivity contribution is 0.624. The second-order valence-corrected chi connectivity index (χ2v) is 3.59. The third-order valence-electron chi connectivity index (χ3n) is 1.37. The molecule has 0 aliphatic heterocycles. The quantitative estimate of drug-likeness (QED) is 0.535. The van der Waals surface area contributed by atoms with Crippen molar-refractivity contribution < 1.29 is 4.39 Å². The van der Waals surface area contributed by atoms with Gasteiger partial charge in [0.1, 0.15) is 5.82 Å². The first kappa shape index (κ1) is 10.6. The molecule has 1 rings (SSSR count). The molecule has 0 unspecified atom stereocenters. The van der Waals surface area contributed by atoms with E-state index in [1.54, 1.807) is 12.1 Å². The SMILES string of the molecule is Fc1cc(Cl)ccc1C#CCCBr. The Kier molecular flexibility index (Phi) is 4.27. The third kappa shape index (κ3) is 3.38. The molecule has 1 aromatic carbocycles.